The number of hydrogen-bond acceptors (Lipinski definition) is 2. The molecule has 19 rings (SSSR count). The number of anilines is 3. The summed E-state index contributed by atoms with van der Waals surface area (Å²) < 4.78 is 5.16. The third-order valence-electron chi connectivity index (χ3n) is 19.0. The average Bonchev–Trinajstić information content (AvgIpc) is 2.26. The second-order valence-electron chi connectivity index (χ2n) is 22.5. The molecule has 0 amide bonds. The number of fused-ring (bicyclic) bond motifs is 27. The molecule has 2 aromatic heterocycles. The van der Waals surface area contributed by atoms with Crippen LogP contribution in [0.3, 0.4) is 0 Å². The minimum absolute atomic E-state index is 0.540. The summed E-state index contributed by atoms with van der Waals surface area (Å²) in [5, 5.41) is 7.72. The Balaban J connectivity index is 0.891. The fourth-order valence-corrected chi connectivity index (χ4v) is 17.1. The van der Waals surface area contributed by atoms with Crippen LogP contribution in [0.4, 0.5) is 17.1 Å². The van der Waals surface area contributed by atoms with Crippen molar-refractivity contribution in [2.24, 2.45) is 0 Å². The molecule has 1 aliphatic heterocycles. The Morgan fingerprint density at radius 2 is 0.827 bits per heavy atom. The minimum Gasteiger partial charge on any atom is -0.310 e. The highest BCUT2D eigenvalue weighted by Crippen LogP contribution is 2.66. The van der Waals surface area contributed by atoms with Gasteiger partial charge in [-0.2, -0.15) is 0 Å². The Morgan fingerprint density at radius 3 is 1.58 bits per heavy atom. The highest BCUT2D eigenvalue weighted by atomic mass is 32.1. The number of para-hydroxylation sites is 3. The van der Waals surface area contributed by atoms with E-state index >= 15 is 0 Å². The maximum atomic E-state index is 2.56. The first-order valence-corrected chi connectivity index (χ1v) is 29.1. The summed E-state index contributed by atoms with van der Waals surface area (Å²) in [6.45, 7) is 0. The molecule has 0 bridgehead atoms. The van der Waals surface area contributed by atoms with Crippen molar-refractivity contribution in [3.63, 3.8) is 0 Å². The summed E-state index contributed by atoms with van der Waals surface area (Å²) in [5.74, 6) is 0. The number of benzene rings is 13. The second-order valence-corrected chi connectivity index (χ2v) is 23.6. The first-order chi connectivity index (χ1) is 40.2. The van der Waals surface area contributed by atoms with Gasteiger partial charge < -0.3 is 9.47 Å². The van der Waals surface area contributed by atoms with Crippen molar-refractivity contribution in [2.45, 2.75) is 10.8 Å². The summed E-state index contributed by atoms with van der Waals surface area (Å²) in [4.78, 5) is 2.55. The monoisotopic (exact) mass is 1040 g/mol. The lowest BCUT2D eigenvalue weighted by Crippen LogP contribution is -2.33. The van der Waals surface area contributed by atoms with Crippen molar-refractivity contribution in [3.05, 3.63) is 324 Å². The van der Waals surface area contributed by atoms with E-state index in [0.717, 1.165) is 17.1 Å². The van der Waals surface area contributed by atoms with Crippen LogP contribution in [0.25, 0.3) is 103 Å². The molecular weight excluding hydrogens is 997 g/mol. The molecule has 1 atom stereocenters. The van der Waals surface area contributed by atoms with Crippen LogP contribution in [-0.4, -0.2) is 4.57 Å². The van der Waals surface area contributed by atoms with Crippen molar-refractivity contribution in [1.82, 2.24) is 4.57 Å². The van der Waals surface area contributed by atoms with Crippen molar-refractivity contribution < 1.29 is 0 Å². The van der Waals surface area contributed by atoms with Crippen LogP contribution in [0.15, 0.2) is 279 Å². The van der Waals surface area contributed by atoms with Gasteiger partial charge in [0.1, 0.15) is 0 Å². The van der Waals surface area contributed by atoms with E-state index in [2.05, 4.69) is 289 Å². The van der Waals surface area contributed by atoms with Gasteiger partial charge in [-0.25, -0.2) is 0 Å². The maximum Gasteiger partial charge on any atom is 0.0755 e. The van der Waals surface area contributed by atoms with Gasteiger partial charge in [-0.3, -0.25) is 0 Å². The van der Waals surface area contributed by atoms with E-state index in [1.807, 2.05) is 11.3 Å². The van der Waals surface area contributed by atoms with Gasteiger partial charge in [0, 0.05) is 48.0 Å². The zero-order chi connectivity index (χ0) is 52.7. The molecule has 0 N–H and O–H groups in total. The molecule has 4 aliphatic rings. The number of rotatable bonds is 4. The molecule has 0 saturated carbocycles. The highest BCUT2D eigenvalue weighted by molar-refractivity contribution is 7.25. The molecular formula is C78H46N2S. The zero-order valence-electron chi connectivity index (χ0n) is 43.9. The Bertz CT molecular complexity index is 5220. The lowest BCUT2D eigenvalue weighted by atomic mass is 9.65. The quantitative estimate of drug-likeness (QED) is 0.171. The van der Waals surface area contributed by atoms with E-state index in [-0.39, 0.29) is 0 Å². The molecule has 0 radical (unpaired) electrons. The van der Waals surface area contributed by atoms with Crippen molar-refractivity contribution in [2.75, 3.05) is 4.90 Å². The molecule has 15 aromatic rings. The Labute approximate surface area is 472 Å². The van der Waals surface area contributed by atoms with Crippen LogP contribution >= 0.6 is 11.3 Å². The zero-order valence-corrected chi connectivity index (χ0v) is 44.7. The maximum absolute atomic E-state index is 2.56. The van der Waals surface area contributed by atoms with E-state index in [4.69, 9.17) is 0 Å². The largest absolute Gasteiger partial charge is 0.310 e. The van der Waals surface area contributed by atoms with E-state index in [9.17, 15) is 0 Å². The smallest absolute Gasteiger partial charge is 0.0755 e. The van der Waals surface area contributed by atoms with Crippen LogP contribution in [-0.2, 0) is 10.8 Å². The van der Waals surface area contributed by atoms with Crippen LogP contribution in [0.1, 0.15) is 44.5 Å². The minimum atomic E-state index is -0.609. The normalized spacial score (nSPS) is 15.3. The SMILES string of the molecule is c1ccc2c(c1)-c1ccccc1C21c2cc(N(c3ccc(-c4cccc5sc6ccccc6c45)cc3)c3ccc4c(c3)C3(c5ccccc5-4)c4ccccc4-n4c5ccccc5c5cccc3c54)ccc2-c2c1ccc1ccccc21. The number of thiophene rings is 1. The molecule has 0 saturated heterocycles. The second kappa shape index (κ2) is 15.8. The fraction of sp³-hybridized carbons (Fsp3) is 0.0256. The lowest BCUT2D eigenvalue weighted by Gasteiger charge is -2.40. The Morgan fingerprint density at radius 1 is 0.309 bits per heavy atom. The van der Waals surface area contributed by atoms with Gasteiger partial charge in [0.15, 0.2) is 0 Å². The van der Waals surface area contributed by atoms with Gasteiger partial charge in [-0.1, -0.05) is 218 Å². The molecule has 374 valence electrons. The molecule has 3 aliphatic carbocycles. The summed E-state index contributed by atoms with van der Waals surface area (Å²) >= 11 is 1.87. The topological polar surface area (TPSA) is 8.17 Å². The lowest BCUT2D eigenvalue weighted by molar-refractivity contribution is 0.748. The number of hydrogen-bond donors (Lipinski definition) is 0. The predicted octanol–water partition coefficient (Wildman–Crippen LogP) is 20.5. The van der Waals surface area contributed by atoms with Gasteiger partial charge in [0.2, 0.25) is 0 Å². The molecule has 0 fully saturated rings. The van der Waals surface area contributed by atoms with Crippen LogP contribution < -0.4 is 4.90 Å². The Kier molecular flexibility index (Phi) is 8.57. The van der Waals surface area contributed by atoms with Crippen LogP contribution in [0.5, 0.6) is 0 Å². The molecule has 3 heterocycles. The molecule has 2 spiro atoms. The number of aromatic nitrogens is 1. The van der Waals surface area contributed by atoms with Crippen molar-refractivity contribution >= 4 is 81.1 Å². The first-order valence-electron chi connectivity index (χ1n) is 28.2. The molecule has 13 aromatic carbocycles. The van der Waals surface area contributed by atoms with Gasteiger partial charge in [-0.15, -0.1) is 11.3 Å². The first kappa shape index (κ1) is 43.9. The predicted molar refractivity (Wildman–Crippen MR) is 338 cm³/mol. The van der Waals surface area contributed by atoms with Gasteiger partial charge in [0.05, 0.1) is 27.6 Å². The van der Waals surface area contributed by atoms with Crippen molar-refractivity contribution in [3.8, 4) is 50.2 Å². The van der Waals surface area contributed by atoms with E-state index in [1.54, 1.807) is 0 Å². The van der Waals surface area contributed by atoms with E-state index in [1.165, 1.54) is 147 Å². The van der Waals surface area contributed by atoms with Crippen LogP contribution in [0.2, 0.25) is 0 Å². The number of nitrogens with zero attached hydrogens (tertiary/aromatic N) is 2. The van der Waals surface area contributed by atoms with Gasteiger partial charge >= 0.3 is 0 Å². The molecule has 3 heteroatoms. The Hall–Kier alpha value is -10.1. The molecule has 1 unspecified atom stereocenters. The summed E-state index contributed by atoms with van der Waals surface area (Å²) in [6, 6.07) is 106. The summed E-state index contributed by atoms with van der Waals surface area (Å²) in [6.07, 6.45) is 0. The van der Waals surface area contributed by atoms with Crippen molar-refractivity contribution in [1.29, 1.82) is 0 Å². The molecule has 2 nitrogen and oxygen atoms in total. The average molecular weight is 1040 g/mol. The third kappa shape index (κ3) is 5.43. The van der Waals surface area contributed by atoms with E-state index < -0.39 is 10.8 Å². The van der Waals surface area contributed by atoms with Gasteiger partial charge in [0.25, 0.3) is 0 Å². The summed E-state index contributed by atoms with van der Waals surface area (Å²) in [7, 11) is 0. The standard InChI is InChI=1S/C78H46N2S/c1-2-18-52-47(17-1)37-44-66-74(52)60-43-41-51(46-69(60)77(66)62-26-8-3-19-54(62)55-20-4-9-27-63(55)77)79(49-38-35-48(36-39-49)53-24-16-34-73-75(53)61-23-7-14-33-72(61)81-73)50-40-42-57-56-21-5-10-28-64(56)78(68(57)45-50)65-29-11-13-32-71(65)80-70-31-12-6-22-58(70)59-25-15-30-67(78)76(59)80/h1-46H. The molecule has 81 heavy (non-hydrogen) atoms. The highest BCUT2D eigenvalue weighted by Gasteiger charge is 2.53. The van der Waals surface area contributed by atoms with Gasteiger partial charge in [-0.05, 0) is 160 Å². The fourth-order valence-electron chi connectivity index (χ4n) is 16.0. The third-order valence-corrected chi connectivity index (χ3v) is 20.1. The summed E-state index contributed by atoms with van der Waals surface area (Å²) in [5.41, 5.74) is 26.7. The van der Waals surface area contributed by atoms with Crippen LogP contribution in [0, 0.1) is 0 Å². The van der Waals surface area contributed by atoms with E-state index in [0.29, 0.717) is 0 Å².